The van der Waals surface area contributed by atoms with Crippen molar-refractivity contribution in [2.45, 2.75) is 178 Å². The Hall–Kier alpha value is -4.20. The van der Waals surface area contributed by atoms with E-state index in [9.17, 15) is 23.3 Å². The highest BCUT2D eigenvalue weighted by molar-refractivity contribution is 7.89. The highest BCUT2D eigenvalue weighted by Crippen LogP contribution is 2.43. The molecule has 3 aromatic carbocycles. The van der Waals surface area contributed by atoms with Gasteiger partial charge in [-0.2, -0.15) is 4.31 Å². The number of benzene rings is 3. The fourth-order valence-electron chi connectivity index (χ4n) is 11.2. The molecule has 0 unspecified atom stereocenters. The van der Waals surface area contributed by atoms with E-state index in [0.29, 0.717) is 85.2 Å². The lowest BCUT2D eigenvalue weighted by atomic mass is 10.0. The maximum atomic E-state index is 15.0. The number of para-hydroxylation sites is 1. The lowest BCUT2D eigenvalue weighted by molar-refractivity contribution is -0.387. The molecule has 2 amide bonds. The number of nitrogens with zero attached hydrogens (tertiary/aromatic N) is 3. The van der Waals surface area contributed by atoms with Gasteiger partial charge in [0.05, 0.1) is 4.92 Å². The fourth-order valence-corrected chi connectivity index (χ4v) is 23.8. The average Bonchev–Trinajstić information content (AvgIpc) is 3.33. The van der Waals surface area contributed by atoms with Gasteiger partial charge in [0.25, 0.3) is 5.69 Å². The summed E-state index contributed by atoms with van der Waals surface area (Å²) in [6, 6.07) is 21.4. The van der Waals surface area contributed by atoms with Gasteiger partial charge in [-0.3, -0.25) is 19.7 Å². The lowest BCUT2D eigenvalue weighted by Crippen LogP contribution is -2.54. The molecule has 0 aliphatic carbocycles. The Kier molecular flexibility index (Phi) is 22.5. The maximum absolute atomic E-state index is 15.0. The molecule has 0 saturated carbocycles. The number of carbonyl (C=O) groups is 2. The predicted molar refractivity (Wildman–Crippen MR) is 286 cm³/mol. The zero-order valence-corrected chi connectivity index (χ0v) is 47.0. The van der Waals surface area contributed by atoms with Crippen LogP contribution in [0.3, 0.4) is 0 Å². The van der Waals surface area contributed by atoms with Crippen molar-refractivity contribution in [1.29, 1.82) is 0 Å². The summed E-state index contributed by atoms with van der Waals surface area (Å²) < 4.78 is 50.1. The van der Waals surface area contributed by atoms with Gasteiger partial charge in [0, 0.05) is 51.4 Å². The Morgan fingerprint density at radius 3 is 1.77 bits per heavy atom. The number of hydrogen-bond donors (Lipinski definition) is 1. The molecule has 0 saturated heterocycles. The van der Waals surface area contributed by atoms with Crippen molar-refractivity contribution >= 4 is 44.2 Å². The van der Waals surface area contributed by atoms with Gasteiger partial charge in [-0.05, 0) is 94.7 Å². The lowest BCUT2D eigenvalue weighted by Gasteiger charge is -2.42. The van der Waals surface area contributed by atoms with Crippen molar-refractivity contribution in [1.82, 2.24) is 14.5 Å². The molecule has 0 radical (unpaired) electrons. The van der Waals surface area contributed by atoms with E-state index in [0.717, 1.165) is 16.9 Å². The minimum Gasteiger partial charge on any atom is -0.489 e. The standard InChI is InChI=1S/C54H84N4O9SSi2/c1-40(2)69(41(3)4,42(5)6)66-36-20-24-48-38-56(68(63,64)52-27-17-16-25-50(52)58(61)62)34-18-19-35-57(51(54(60)55-48)26-21-37-67-70(43(7)8,44(9)10)45(11)12)53(59)33-30-46-28-31-49(32-29-46)65-39-47-22-14-13-15-23-47/h13-19,22-23,25,27-29,31-32,40-45,48,51H,20-21,24,26,30,33-39H2,1-12H3,(H,55,60)/b19-18+/t48-,51+/m1/s1. The Morgan fingerprint density at radius 1 is 0.714 bits per heavy atom. The number of nitro benzene ring substituents is 1. The summed E-state index contributed by atoms with van der Waals surface area (Å²) in [6.07, 6.45) is 5.73. The molecule has 0 bridgehead atoms. The van der Waals surface area contributed by atoms with Crippen molar-refractivity contribution in [3.8, 4) is 5.75 Å². The van der Waals surface area contributed by atoms with Crippen molar-refractivity contribution in [2.75, 3.05) is 32.8 Å². The van der Waals surface area contributed by atoms with Crippen LogP contribution in [0.25, 0.3) is 0 Å². The van der Waals surface area contributed by atoms with E-state index in [-0.39, 0.29) is 37.9 Å². The monoisotopic (exact) mass is 1020 g/mol. The molecule has 2 atom stereocenters. The first-order chi connectivity index (χ1) is 33.1. The molecular formula is C54H84N4O9SSi2. The zero-order valence-electron chi connectivity index (χ0n) is 44.2. The summed E-state index contributed by atoms with van der Waals surface area (Å²) in [5.74, 6) is 0.124. The van der Waals surface area contributed by atoms with Crippen molar-refractivity contribution in [3.63, 3.8) is 0 Å². The van der Waals surface area contributed by atoms with Crippen LogP contribution >= 0.6 is 0 Å². The Labute approximate surface area is 422 Å². The number of aryl methyl sites for hydroxylation is 1. The quantitative estimate of drug-likeness (QED) is 0.0287. The van der Waals surface area contributed by atoms with Crippen LogP contribution in [0.4, 0.5) is 5.69 Å². The molecule has 1 aliphatic heterocycles. The first-order valence-electron chi connectivity index (χ1n) is 25.6. The molecule has 13 nitrogen and oxygen atoms in total. The van der Waals surface area contributed by atoms with Gasteiger partial charge in [-0.25, -0.2) is 8.42 Å². The van der Waals surface area contributed by atoms with E-state index >= 15 is 4.79 Å². The van der Waals surface area contributed by atoms with Gasteiger partial charge in [-0.1, -0.05) is 150 Å². The second-order valence-corrected chi connectivity index (χ2v) is 33.6. The minimum absolute atomic E-state index is 0.0525. The van der Waals surface area contributed by atoms with E-state index in [1.807, 2.05) is 54.6 Å². The Balaban J connectivity index is 1.69. The highest BCUT2D eigenvalue weighted by atomic mass is 32.2. The van der Waals surface area contributed by atoms with Gasteiger partial charge < -0.3 is 23.8 Å². The number of hydrogen-bond acceptors (Lipinski definition) is 9. The number of carbonyl (C=O) groups excluding carboxylic acids is 2. The van der Waals surface area contributed by atoms with Gasteiger partial charge >= 0.3 is 0 Å². The highest BCUT2D eigenvalue weighted by Gasteiger charge is 2.46. The van der Waals surface area contributed by atoms with E-state index < -0.39 is 54.2 Å². The van der Waals surface area contributed by atoms with E-state index in [2.05, 4.69) is 88.4 Å². The Morgan fingerprint density at radius 2 is 1.23 bits per heavy atom. The number of ether oxygens (including phenoxy) is 1. The van der Waals surface area contributed by atoms with Crippen molar-refractivity contribution in [3.05, 3.63) is 112 Å². The SMILES string of the molecule is CC(C)[Si](OCCC[C@@H]1CN(S(=O)(=O)c2ccccc2[N+](=O)[O-])C/C=C/CN(C(=O)CCc2ccc(OCc3ccccc3)cc2)[C@@H](CCCO[Si](C(C)C)(C(C)C)C(C)C)C(=O)N1)(C(C)C)C(C)C. The molecule has 70 heavy (non-hydrogen) atoms. The van der Waals surface area contributed by atoms with Crippen LogP contribution < -0.4 is 10.1 Å². The molecule has 0 spiro atoms. The third kappa shape index (κ3) is 14.9. The molecule has 0 aromatic heterocycles. The first kappa shape index (κ1) is 58.4. The number of rotatable bonds is 25. The van der Waals surface area contributed by atoms with Crippen LogP contribution in [0, 0.1) is 10.1 Å². The zero-order chi connectivity index (χ0) is 51.8. The van der Waals surface area contributed by atoms with Crippen LogP contribution in [-0.4, -0.2) is 95.9 Å². The first-order valence-corrected chi connectivity index (χ1v) is 31.3. The third-order valence-corrected chi connectivity index (χ3v) is 28.6. The number of nitrogens with one attached hydrogen (secondary N) is 1. The molecule has 0 fully saturated rings. The van der Waals surface area contributed by atoms with Crippen LogP contribution in [0.1, 0.15) is 126 Å². The molecule has 1 aliphatic rings. The van der Waals surface area contributed by atoms with Crippen LogP contribution in [0.15, 0.2) is 95.9 Å². The normalized spacial score (nSPS) is 17.4. The van der Waals surface area contributed by atoms with Crippen LogP contribution in [0.2, 0.25) is 33.2 Å². The van der Waals surface area contributed by atoms with Gasteiger partial charge in [0.1, 0.15) is 18.4 Å². The Bertz CT molecular complexity index is 2210. The van der Waals surface area contributed by atoms with Crippen LogP contribution in [-0.2, 0) is 41.5 Å². The second-order valence-electron chi connectivity index (χ2n) is 20.8. The van der Waals surface area contributed by atoms with E-state index in [4.69, 9.17) is 13.6 Å². The molecule has 1 heterocycles. The molecule has 4 rings (SSSR count). The maximum Gasteiger partial charge on any atom is 0.289 e. The summed E-state index contributed by atoms with van der Waals surface area (Å²) in [5.41, 5.74) is 3.67. The summed E-state index contributed by atoms with van der Waals surface area (Å²) in [5, 5.41) is 15.4. The molecule has 16 heteroatoms. The summed E-state index contributed by atoms with van der Waals surface area (Å²) in [7, 11) is -8.92. The van der Waals surface area contributed by atoms with Crippen molar-refractivity contribution < 1.29 is 36.5 Å². The topological polar surface area (TPSA) is 158 Å². The number of nitro groups is 1. The number of sulfonamides is 1. The summed E-state index contributed by atoms with van der Waals surface area (Å²) in [6.45, 7) is 27.9. The second kappa shape index (κ2) is 27.0. The summed E-state index contributed by atoms with van der Waals surface area (Å²) in [4.78, 5) is 42.3. The minimum atomic E-state index is -4.45. The fraction of sp³-hybridized carbons (Fsp3) is 0.593. The molecule has 1 N–H and O–H groups in total. The largest absolute Gasteiger partial charge is 0.489 e. The van der Waals surface area contributed by atoms with E-state index in [1.54, 1.807) is 17.1 Å². The molecule has 3 aromatic rings. The molecular weight excluding hydrogens is 937 g/mol. The van der Waals surface area contributed by atoms with Gasteiger partial charge in [-0.15, -0.1) is 0 Å². The van der Waals surface area contributed by atoms with Gasteiger partial charge in [0.15, 0.2) is 21.5 Å². The van der Waals surface area contributed by atoms with Crippen molar-refractivity contribution in [2.24, 2.45) is 0 Å². The smallest absolute Gasteiger partial charge is 0.289 e. The summed E-state index contributed by atoms with van der Waals surface area (Å²) >= 11 is 0. The van der Waals surface area contributed by atoms with E-state index in [1.165, 1.54) is 28.6 Å². The van der Waals surface area contributed by atoms with Gasteiger partial charge in [0.2, 0.25) is 21.8 Å². The number of amides is 2. The molecule has 388 valence electrons. The van der Waals surface area contributed by atoms with Crippen LogP contribution in [0.5, 0.6) is 5.75 Å². The third-order valence-electron chi connectivity index (χ3n) is 14.5. The average molecular weight is 1020 g/mol. The predicted octanol–water partition coefficient (Wildman–Crippen LogP) is 12.0.